The summed E-state index contributed by atoms with van der Waals surface area (Å²) in [7, 11) is 0. The molecule has 16 heavy (non-hydrogen) atoms. The highest BCUT2D eigenvalue weighted by molar-refractivity contribution is 4.92. The van der Waals surface area contributed by atoms with Crippen LogP contribution >= 0.6 is 0 Å². The van der Waals surface area contributed by atoms with E-state index in [-0.39, 0.29) is 0 Å². The van der Waals surface area contributed by atoms with Crippen molar-refractivity contribution >= 4 is 0 Å². The summed E-state index contributed by atoms with van der Waals surface area (Å²) < 4.78 is 0. The van der Waals surface area contributed by atoms with Gasteiger partial charge in [0.15, 0.2) is 0 Å². The van der Waals surface area contributed by atoms with E-state index in [0.717, 1.165) is 19.0 Å². The van der Waals surface area contributed by atoms with Crippen LogP contribution in [-0.2, 0) is 0 Å². The second kappa shape index (κ2) is 6.41. The van der Waals surface area contributed by atoms with E-state index in [1.807, 2.05) is 6.08 Å². The Morgan fingerprint density at radius 3 is 2.62 bits per heavy atom. The Kier molecular flexibility index (Phi) is 5.50. The van der Waals surface area contributed by atoms with Gasteiger partial charge in [0.1, 0.15) is 0 Å². The summed E-state index contributed by atoms with van der Waals surface area (Å²) in [5.41, 5.74) is 0. The van der Waals surface area contributed by atoms with Crippen molar-refractivity contribution in [2.75, 3.05) is 19.6 Å². The molecule has 0 aromatic heterocycles. The van der Waals surface area contributed by atoms with Crippen LogP contribution in [0.4, 0.5) is 0 Å². The SMILES string of the molecule is C=CCN1CC(C(C)CC)NCC1C(C)C. The van der Waals surface area contributed by atoms with Crippen molar-refractivity contribution in [1.29, 1.82) is 0 Å². The van der Waals surface area contributed by atoms with Crippen molar-refractivity contribution in [3.05, 3.63) is 12.7 Å². The van der Waals surface area contributed by atoms with Crippen LogP contribution in [0.25, 0.3) is 0 Å². The fourth-order valence-corrected chi connectivity index (χ4v) is 2.55. The normalized spacial score (nSPS) is 29.3. The van der Waals surface area contributed by atoms with E-state index >= 15 is 0 Å². The Balaban J connectivity index is 2.60. The fourth-order valence-electron chi connectivity index (χ4n) is 2.55. The maximum Gasteiger partial charge on any atom is 0.0247 e. The zero-order chi connectivity index (χ0) is 12.1. The van der Waals surface area contributed by atoms with Crippen LogP contribution in [0.2, 0.25) is 0 Å². The number of hydrogen-bond donors (Lipinski definition) is 1. The second-order valence-corrected chi connectivity index (χ2v) is 5.45. The van der Waals surface area contributed by atoms with E-state index < -0.39 is 0 Å². The lowest BCUT2D eigenvalue weighted by Gasteiger charge is -2.43. The summed E-state index contributed by atoms with van der Waals surface area (Å²) in [4.78, 5) is 2.59. The van der Waals surface area contributed by atoms with Gasteiger partial charge in [-0.2, -0.15) is 0 Å². The van der Waals surface area contributed by atoms with E-state index in [0.29, 0.717) is 18.0 Å². The molecule has 3 atom stereocenters. The number of piperazine rings is 1. The molecule has 0 saturated carbocycles. The molecule has 1 aliphatic rings. The maximum absolute atomic E-state index is 3.88. The molecule has 0 spiro atoms. The predicted octanol–water partition coefficient (Wildman–Crippen LogP) is 2.52. The van der Waals surface area contributed by atoms with Crippen molar-refractivity contribution in [2.45, 2.75) is 46.2 Å². The molecule has 1 fully saturated rings. The molecule has 2 heteroatoms. The third-order valence-electron chi connectivity index (χ3n) is 3.95. The predicted molar refractivity (Wildman–Crippen MR) is 71.6 cm³/mol. The van der Waals surface area contributed by atoms with Gasteiger partial charge in [-0.1, -0.05) is 40.2 Å². The standard InChI is InChI=1S/C14H28N2/c1-6-8-16-10-13(12(5)7-2)15-9-14(16)11(3)4/h6,11-15H,1,7-10H2,2-5H3. The van der Waals surface area contributed by atoms with E-state index in [1.54, 1.807) is 0 Å². The minimum Gasteiger partial charge on any atom is -0.311 e. The lowest BCUT2D eigenvalue weighted by Crippen LogP contribution is -2.59. The van der Waals surface area contributed by atoms with Gasteiger partial charge >= 0.3 is 0 Å². The number of hydrogen-bond acceptors (Lipinski definition) is 2. The van der Waals surface area contributed by atoms with E-state index in [4.69, 9.17) is 0 Å². The monoisotopic (exact) mass is 224 g/mol. The first-order valence-electron chi connectivity index (χ1n) is 6.68. The molecule has 0 amide bonds. The summed E-state index contributed by atoms with van der Waals surface area (Å²) >= 11 is 0. The van der Waals surface area contributed by atoms with E-state index in [9.17, 15) is 0 Å². The first-order valence-corrected chi connectivity index (χ1v) is 6.68. The number of nitrogens with zero attached hydrogens (tertiary/aromatic N) is 1. The first kappa shape index (κ1) is 13.7. The molecule has 1 saturated heterocycles. The Morgan fingerprint density at radius 2 is 2.12 bits per heavy atom. The van der Waals surface area contributed by atoms with Gasteiger partial charge < -0.3 is 5.32 Å². The fraction of sp³-hybridized carbons (Fsp3) is 0.857. The van der Waals surface area contributed by atoms with Crippen molar-refractivity contribution in [3.8, 4) is 0 Å². The Labute approximate surface area is 101 Å². The molecule has 1 N–H and O–H groups in total. The Hall–Kier alpha value is -0.340. The van der Waals surface area contributed by atoms with E-state index in [1.165, 1.54) is 13.0 Å². The van der Waals surface area contributed by atoms with Crippen LogP contribution in [0, 0.1) is 11.8 Å². The van der Waals surface area contributed by atoms with Gasteiger partial charge in [-0.15, -0.1) is 6.58 Å². The number of nitrogens with one attached hydrogen (secondary N) is 1. The van der Waals surface area contributed by atoms with Gasteiger partial charge in [0, 0.05) is 31.7 Å². The topological polar surface area (TPSA) is 15.3 Å². The maximum atomic E-state index is 3.88. The van der Waals surface area contributed by atoms with Gasteiger partial charge in [0.2, 0.25) is 0 Å². The van der Waals surface area contributed by atoms with Gasteiger partial charge in [0.25, 0.3) is 0 Å². The van der Waals surface area contributed by atoms with Crippen LogP contribution in [0.5, 0.6) is 0 Å². The summed E-state index contributed by atoms with van der Waals surface area (Å²) in [6.45, 7) is 16.4. The molecule has 3 unspecified atom stereocenters. The highest BCUT2D eigenvalue weighted by atomic mass is 15.2. The third-order valence-corrected chi connectivity index (χ3v) is 3.95. The molecule has 2 nitrogen and oxygen atoms in total. The van der Waals surface area contributed by atoms with Gasteiger partial charge in [-0.3, -0.25) is 4.90 Å². The van der Waals surface area contributed by atoms with Crippen molar-refractivity contribution < 1.29 is 0 Å². The first-order chi connectivity index (χ1) is 7.60. The summed E-state index contributed by atoms with van der Waals surface area (Å²) in [5, 5.41) is 3.71. The molecule has 1 aliphatic heterocycles. The number of rotatable bonds is 5. The summed E-state index contributed by atoms with van der Waals surface area (Å²) in [5.74, 6) is 1.48. The third kappa shape index (κ3) is 3.33. The van der Waals surface area contributed by atoms with Gasteiger partial charge in [-0.05, 0) is 11.8 Å². The molecule has 0 aromatic rings. The summed E-state index contributed by atoms with van der Waals surface area (Å²) in [6, 6.07) is 1.32. The van der Waals surface area contributed by atoms with Crippen LogP contribution in [0.1, 0.15) is 34.1 Å². The second-order valence-electron chi connectivity index (χ2n) is 5.45. The average molecular weight is 224 g/mol. The summed E-state index contributed by atoms with van der Waals surface area (Å²) in [6.07, 6.45) is 3.29. The van der Waals surface area contributed by atoms with E-state index in [2.05, 4.69) is 44.5 Å². The van der Waals surface area contributed by atoms with Crippen LogP contribution in [-0.4, -0.2) is 36.6 Å². The molecule has 0 radical (unpaired) electrons. The lowest BCUT2D eigenvalue weighted by atomic mass is 9.92. The van der Waals surface area contributed by atoms with Crippen LogP contribution in [0.3, 0.4) is 0 Å². The minimum atomic E-state index is 0.653. The van der Waals surface area contributed by atoms with Crippen LogP contribution < -0.4 is 5.32 Å². The van der Waals surface area contributed by atoms with Gasteiger partial charge in [-0.25, -0.2) is 0 Å². The molecule has 0 aromatic carbocycles. The van der Waals surface area contributed by atoms with Gasteiger partial charge in [0.05, 0.1) is 0 Å². The van der Waals surface area contributed by atoms with Crippen molar-refractivity contribution in [2.24, 2.45) is 11.8 Å². The minimum absolute atomic E-state index is 0.653. The van der Waals surface area contributed by atoms with Crippen molar-refractivity contribution in [1.82, 2.24) is 10.2 Å². The highest BCUT2D eigenvalue weighted by Crippen LogP contribution is 2.19. The van der Waals surface area contributed by atoms with Crippen molar-refractivity contribution in [3.63, 3.8) is 0 Å². The molecule has 94 valence electrons. The zero-order valence-electron chi connectivity index (χ0n) is 11.4. The quantitative estimate of drug-likeness (QED) is 0.722. The smallest absolute Gasteiger partial charge is 0.0247 e. The molecule has 0 aliphatic carbocycles. The average Bonchev–Trinajstić information content (AvgIpc) is 2.28. The molecule has 1 heterocycles. The zero-order valence-corrected chi connectivity index (χ0v) is 11.4. The molecular weight excluding hydrogens is 196 g/mol. The largest absolute Gasteiger partial charge is 0.311 e. The lowest BCUT2D eigenvalue weighted by molar-refractivity contribution is 0.0935. The Bertz CT molecular complexity index is 213. The molecule has 1 rings (SSSR count). The highest BCUT2D eigenvalue weighted by Gasteiger charge is 2.30. The molecule has 0 bridgehead atoms. The van der Waals surface area contributed by atoms with Crippen LogP contribution in [0.15, 0.2) is 12.7 Å². The Morgan fingerprint density at radius 1 is 1.44 bits per heavy atom. The molecular formula is C14H28N2.